The van der Waals surface area contributed by atoms with Gasteiger partial charge in [-0.15, -0.1) is 10.2 Å². The summed E-state index contributed by atoms with van der Waals surface area (Å²) in [4.78, 5) is 25.0. The molecule has 0 saturated heterocycles. The van der Waals surface area contributed by atoms with Crippen LogP contribution in [-0.2, 0) is 11.3 Å². The normalized spacial score (nSPS) is 10.3. The van der Waals surface area contributed by atoms with Crippen molar-refractivity contribution in [2.45, 2.75) is 13.5 Å². The smallest absolute Gasteiger partial charge is 0.319 e. The van der Waals surface area contributed by atoms with Crippen molar-refractivity contribution in [2.75, 3.05) is 17.3 Å². The van der Waals surface area contributed by atoms with Crippen LogP contribution < -0.4 is 15.5 Å². The Kier molecular flexibility index (Phi) is 5.46. The fraction of sp³-hybridized carbons (Fsp3) is 0.158. The Morgan fingerprint density at radius 3 is 2.44 bits per heavy atom. The third kappa shape index (κ3) is 4.49. The minimum atomic E-state index is -0.356. The number of nitrogens with zero attached hydrogens (tertiary/aromatic N) is 4. The lowest BCUT2D eigenvalue weighted by molar-refractivity contribution is -0.116. The molecule has 0 atom stereocenters. The highest BCUT2D eigenvalue weighted by Gasteiger charge is 2.09. The van der Waals surface area contributed by atoms with Crippen LogP contribution in [0.4, 0.5) is 16.2 Å². The lowest BCUT2D eigenvalue weighted by Gasteiger charge is -2.15. The van der Waals surface area contributed by atoms with Crippen LogP contribution in [0.3, 0.4) is 0 Å². The Balaban J connectivity index is 1.58. The summed E-state index contributed by atoms with van der Waals surface area (Å²) in [7, 11) is 1.69. The van der Waals surface area contributed by atoms with Crippen molar-refractivity contribution in [3.8, 4) is 5.69 Å². The Hall–Kier alpha value is -3.68. The summed E-state index contributed by atoms with van der Waals surface area (Å²) in [6.07, 6.45) is 1.61. The van der Waals surface area contributed by atoms with Gasteiger partial charge in [0.25, 0.3) is 0 Å². The summed E-state index contributed by atoms with van der Waals surface area (Å²) in [5, 5.41) is 13.5. The number of hydrogen-bond acceptors (Lipinski definition) is 4. The minimum absolute atomic E-state index is 0.0593. The van der Waals surface area contributed by atoms with E-state index in [2.05, 4.69) is 20.8 Å². The zero-order valence-electron chi connectivity index (χ0n) is 15.1. The van der Waals surface area contributed by atoms with Crippen molar-refractivity contribution in [1.82, 2.24) is 20.1 Å². The molecular weight excluding hydrogens is 344 g/mol. The second-order valence-electron chi connectivity index (χ2n) is 5.89. The van der Waals surface area contributed by atoms with E-state index in [0.29, 0.717) is 11.5 Å². The summed E-state index contributed by atoms with van der Waals surface area (Å²) in [5.41, 5.74) is 2.30. The number of anilines is 2. The molecule has 0 aliphatic carbocycles. The average Bonchev–Trinajstić information content (AvgIpc) is 3.15. The SMILES string of the molecule is CC(=O)N(C)c1ccc(NC(=O)NCc2nncn2-c2ccccc2)cc1. The fourth-order valence-corrected chi connectivity index (χ4v) is 2.47. The van der Waals surface area contributed by atoms with Gasteiger partial charge in [0.05, 0.1) is 6.54 Å². The van der Waals surface area contributed by atoms with Crippen molar-refractivity contribution in [2.24, 2.45) is 0 Å². The quantitative estimate of drug-likeness (QED) is 0.728. The third-order valence-corrected chi connectivity index (χ3v) is 4.04. The van der Waals surface area contributed by atoms with Gasteiger partial charge in [-0.1, -0.05) is 18.2 Å². The van der Waals surface area contributed by atoms with Gasteiger partial charge in [0.1, 0.15) is 6.33 Å². The largest absolute Gasteiger partial charge is 0.331 e. The molecule has 2 N–H and O–H groups in total. The zero-order chi connectivity index (χ0) is 19.2. The molecule has 0 aliphatic rings. The van der Waals surface area contributed by atoms with Crippen molar-refractivity contribution in [1.29, 1.82) is 0 Å². The highest BCUT2D eigenvalue weighted by Crippen LogP contribution is 2.17. The molecular formula is C19H20N6O2. The van der Waals surface area contributed by atoms with Gasteiger partial charge in [-0.3, -0.25) is 9.36 Å². The molecule has 138 valence electrons. The van der Waals surface area contributed by atoms with Crippen molar-refractivity contribution < 1.29 is 9.59 Å². The molecule has 8 nitrogen and oxygen atoms in total. The molecule has 0 spiro atoms. The Morgan fingerprint density at radius 2 is 1.78 bits per heavy atom. The van der Waals surface area contributed by atoms with Crippen LogP contribution in [0, 0.1) is 0 Å². The van der Waals surface area contributed by atoms with E-state index < -0.39 is 0 Å². The van der Waals surface area contributed by atoms with Crippen molar-refractivity contribution in [3.63, 3.8) is 0 Å². The molecule has 1 heterocycles. The van der Waals surface area contributed by atoms with Crippen LogP contribution in [-0.4, -0.2) is 33.8 Å². The molecule has 0 bridgehead atoms. The minimum Gasteiger partial charge on any atom is -0.331 e. The summed E-state index contributed by atoms with van der Waals surface area (Å²) >= 11 is 0. The van der Waals surface area contributed by atoms with Gasteiger partial charge in [0.2, 0.25) is 5.91 Å². The van der Waals surface area contributed by atoms with Gasteiger partial charge in [-0.05, 0) is 36.4 Å². The first-order valence-corrected chi connectivity index (χ1v) is 8.38. The number of para-hydroxylation sites is 1. The molecule has 0 unspecified atom stereocenters. The van der Waals surface area contributed by atoms with E-state index in [1.807, 2.05) is 34.9 Å². The van der Waals surface area contributed by atoms with Crippen LogP contribution in [0.15, 0.2) is 60.9 Å². The number of hydrogen-bond donors (Lipinski definition) is 2. The maximum Gasteiger partial charge on any atom is 0.319 e. The monoisotopic (exact) mass is 364 g/mol. The standard InChI is InChI=1S/C19H20N6O2/c1-14(26)24(2)16-10-8-15(9-11-16)22-19(27)20-12-18-23-21-13-25(18)17-6-4-3-5-7-17/h3-11,13H,12H2,1-2H3,(H2,20,22,27). The van der Waals surface area contributed by atoms with Gasteiger partial charge in [0, 0.05) is 31.0 Å². The van der Waals surface area contributed by atoms with Crippen molar-refractivity contribution in [3.05, 3.63) is 66.7 Å². The number of nitrogens with one attached hydrogen (secondary N) is 2. The van der Waals surface area contributed by atoms with Crippen LogP contribution >= 0.6 is 0 Å². The number of benzene rings is 2. The van der Waals surface area contributed by atoms with Crippen LogP contribution in [0.2, 0.25) is 0 Å². The van der Waals surface area contributed by atoms with Gasteiger partial charge in [-0.2, -0.15) is 0 Å². The van der Waals surface area contributed by atoms with E-state index in [4.69, 9.17) is 0 Å². The summed E-state index contributed by atoms with van der Waals surface area (Å²) < 4.78 is 1.81. The topological polar surface area (TPSA) is 92.2 Å². The number of amides is 3. The molecule has 0 radical (unpaired) electrons. The van der Waals surface area contributed by atoms with Crippen LogP contribution in [0.1, 0.15) is 12.7 Å². The van der Waals surface area contributed by atoms with E-state index in [0.717, 1.165) is 11.4 Å². The first kappa shape index (κ1) is 18.1. The predicted molar refractivity (Wildman–Crippen MR) is 103 cm³/mol. The average molecular weight is 364 g/mol. The summed E-state index contributed by atoms with van der Waals surface area (Å²) in [5.74, 6) is 0.561. The molecule has 27 heavy (non-hydrogen) atoms. The first-order chi connectivity index (χ1) is 13.0. The summed E-state index contributed by atoms with van der Waals surface area (Å²) in [6, 6.07) is 16.3. The van der Waals surface area contributed by atoms with Gasteiger partial charge in [-0.25, -0.2) is 4.79 Å². The number of carbonyl (C=O) groups excluding carboxylic acids is 2. The number of carbonyl (C=O) groups is 2. The Morgan fingerprint density at radius 1 is 1.07 bits per heavy atom. The second kappa shape index (κ2) is 8.13. The molecule has 2 aromatic carbocycles. The van der Waals surface area contributed by atoms with Crippen LogP contribution in [0.5, 0.6) is 0 Å². The molecule has 0 aliphatic heterocycles. The Labute approximate surface area is 156 Å². The van der Waals surface area contributed by atoms with E-state index in [1.165, 1.54) is 11.8 Å². The second-order valence-corrected chi connectivity index (χ2v) is 5.89. The van der Waals surface area contributed by atoms with E-state index in [9.17, 15) is 9.59 Å². The van der Waals surface area contributed by atoms with E-state index >= 15 is 0 Å². The van der Waals surface area contributed by atoms with Crippen LogP contribution in [0.25, 0.3) is 5.69 Å². The number of aromatic nitrogens is 3. The van der Waals surface area contributed by atoms with E-state index in [-0.39, 0.29) is 18.5 Å². The first-order valence-electron chi connectivity index (χ1n) is 8.38. The van der Waals surface area contributed by atoms with Gasteiger partial charge >= 0.3 is 6.03 Å². The molecule has 3 rings (SSSR count). The maximum absolute atomic E-state index is 12.1. The zero-order valence-corrected chi connectivity index (χ0v) is 15.1. The molecule has 3 aromatic rings. The molecule has 0 saturated carbocycles. The third-order valence-electron chi connectivity index (χ3n) is 4.04. The number of rotatable bonds is 5. The molecule has 8 heteroatoms. The highest BCUT2D eigenvalue weighted by atomic mass is 16.2. The van der Waals surface area contributed by atoms with Crippen molar-refractivity contribution >= 4 is 23.3 Å². The molecule has 0 fully saturated rings. The maximum atomic E-state index is 12.1. The van der Waals surface area contributed by atoms with Gasteiger partial charge < -0.3 is 15.5 Å². The lowest BCUT2D eigenvalue weighted by Crippen LogP contribution is -2.29. The predicted octanol–water partition coefficient (Wildman–Crippen LogP) is 2.57. The van der Waals surface area contributed by atoms with E-state index in [1.54, 1.807) is 37.6 Å². The van der Waals surface area contributed by atoms with Gasteiger partial charge in [0.15, 0.2) is 5.82 Å². The lowest BCUT2D eigenvalue weighted by atomic mass is 10.2. The fourth-order valence-electron chi connectivity index (χ4n) is 2.47. The number of urea groups is 1. The highest BCUT2D eigenvalue weighted by molar-refractivity contribution is 5.92. The summed E-state index contributed by atoms with van der Waals surface area (Å²) in [6.45, 7) is 1.72. The Bertz CT molecular complexity index is 921. The molecule has 1 aromatic heterocycles. The molecule has 3 amide bonds.